The van der Waals surface area contributed by atoms with Crippen LogP contribution in [0.5, 0.6) is 0 Å². The van der Waals surface area contributed by atoms with Gasteiger partial charge in [0, 0.05) is 28.8 Å². The molecule has 1 N–H and O–H groups in total. The number of carbonyl (C=O) groups is 1. The zero-order valence-corrected chi connectivity index (χ0v) is 18.4. The number of thiophene rings is 1. The van der Waals surface area contributed by atoms with Crippen LogP contribution < -0.4 is 5.32 Å². The summed E-state index contributed by atoms with van der Waals surface area (Å²) >= 11 is 9.06. The first kappa shape index (κ1) is 20.2. The SMILES string of the molecule is O=C(NC1CCSc2ccc(Cl)cc21)c1sccc1S(=O)(=O)N1CCCCC1. The van der Waals surface area contributed by atoms with Crippen LogP contribution in [0.15, 0.2) is 39.4 Å². The van der Waals surface area contributed by atoms with Gasteiger partial charge in [-0.1, -0.05) is 18.0 Å². The average molecular weight is 457 g/mol. The van der Waals surface area contributed by atoms with Crippen molar-refractivity contribution in [2.24, 2.45) is 0 Å². The van der Waals surface area contributed by atoms with Crippen LogP contribution in [0.2, 0.25) is 5.02 Å². The summed E-state index contributed by atoms with van der Waals surface area (Å²) in [5.41, 5.74) is 0.995. The highest BCUT2D eigenvalue weighted by molar-refractivity contribution is 7.99. The largest absolute Gasteiger partial charge is 0.344 e. The zero-order chi connectivity index (χ0) is 19.7. The molecule has 0 radical (unpaired) electrons. The first-order valence-electron chi connectivity index (χ1n) is 9.27. The van der Waals surface area contributed by atoms with E-state index < -0.39 is 10.0 Å². The molecule has 3 heterocycles. The first-order chi connectivity index (χ1) is 13.5. The Morgan fingerprint density at radius 3 is 2.75 bits per heavy atom. The maximum Gasteiger partial charge on any atom is 0.263 e. The predicted octanol–water partition coefficient (Wildman–Crippen LogP) is 4.54. The third-order valence-corrected chi connectivity index (χ3v) is 9.43. The molecular weight excluding hydrogens is 436 g/mol. The van der Waals surface area contributed by atoms with Gasteiger partial charge in [-0.15, -0.1) is 23.1 Å². The second-order valence-electron chi connectivity index (χ2n) is 6.92. The lowest BCUT2D eigenvalue weighted by Gasteiger charge is -2.27. The first-order valence-corrected chi connectivity index (χ1v) is 13.0. The van der Waals surface area contributed by atoms with Gasteiger partial charge in [0.2, 0.25) is 10.0 Å². The van der Waals surface area contributed by atoms with Crippen molar-refractivity contribution in [2.45, 2.75) is 41.5 Å². The third-order valence-electron chi connectivity index (χ3n) is 5.08. The molecule has 1 aromatic heterocycles. The molecule has 28 heavy (non-hydrogen) atoms. The van der Waals surface area contributed by atoms with Gasteiger partial charge in [0.05, 0.1) is 6.04 Å². The standard InChI is InChI=1S/C19H21ClN2O3S3/c20-13-4-5-16-14(12-13)15(6-10-26-16)21-19(23)18-17(7-11-27-18)28(24,25)22-8-2-1-3-9-22/h4-5,7,11-12,15H,1-3,6,8-10H2,(H,21,23). The molecule has 0 aliphatic carbocycles. The van der Waals surface area contributed by atoms with Gasteiger partial charge >= 0.3 is 0 Å². The van der Waals surface area contributed by atoms with Crippen LogP contribution in [0.4, 0.5) is 0 Å². The second kappa shape index (κ2) is 8.36. The van der Waals surface area contributed by atoms with E-state index in [1.54, 1.807) is 23.2 Å². The van der Waals surface area contributed by atoms with Crippen LogP contribution in [-0.4, -0.2) is 37.5 Å². The Balaban J connectivity index is 1.58. The quantitative estimate of drug-likeness (QED) is 0.733. The normalized spacial score (nSPS) is 20.5. The Morgan fingerprint density at radius 1 is 1.18 bits per heavy atom. The fraction of sp³-hybridized carbons (Fsp3) is 0.421. The molecule has 2 aliphatic heterocycles. The fourth-order valence-corrected chi connectivity index (χ4v) is 7.76. The predicted molar refractivity (Wildman–Crippen MR) is 114 cm³/mol. The van der Waals surface area contributed by atoms with Crippen molar-refractivity contribution in [3.05, 3.63) is 45.1 Å². The van der Waals surface area contributed by atoms with E-state index in [1.807, 2.05) is 18.2 Å². The Kier molecular flexibility index (Phi) is 6.04. The van der Waals surface area contributed by atoms with E-state index in [-0.39, 0.29) is 21.7 Å². The van der Waals surface area contributed by atoms with Gasteiger partial charge in [-0.05, 0) is 54.5 Å². The molecule has 0 spiro atoms. The van der Waals surface area contributed by atoms with Gasteiger partial charge in [-0.2, -0.15) is 4.31 Å². The summed E-state index contributed by atoms with van der Waals surface area (Å²) < 4.78 is 27.6. The van der Waals surface area contributed by atoms with E-state index in [9.17, 15) is 13.2 Å². The highest BCUT2D eigenvalue weighted by atomic mass is 35.5. The number of carbonyl (C=O) groups excluding carboxylic acids is 1. The van der Waals surface area contributed by atoms with Crippen LogP contribution in [0, 0.1) is 0 Å². The monoisotopic (exact) mass is 456 g/mol. The minimum atomic E-state index is -3.64. The summed E-state index contributed by atoms with van der Waals surface area (Å²) in [6.45, 7) is 1.04. The molecule has 1 aromatic carbocycles. The second-order valence-corrected chi connectivity index (χ2v) is 11.3. The van der Waals surface area contributed by atoms with Crippen molar-refractivity contribution < 1.29 is 13.2 Å². The molecule has 150 valence electrons. The van der Waals surface area contributed by atoms with Crippen molar-refractivity contribution in [3.63, 3.8) is 0 Å². The van der Waals surface area contributed by atoms with Crippen LogP contribution in [-0.2, 0) is 10.0 Å². The minimum Gasteiger partial charge on any atom is -0.344 e. The lowest BCUT2D eigenvalue weighted by molar-refractivity contribution is 0.0936. The zero-order valence-electron chi connectivity index (χ0n) is 15.2. The third kappa shape index (κ3) is 3.98. The summed E-state index contributed by atoms with van der Waals surface area (Å²) in [5, 5.41) is 5.34. The minimum absolute atomic E-state index is 0.119. The van der Waals surface area contributed by atoms with Crippen LogP contribution in [0.25, 0.3) is 0 Å². The number of nitrogens with zero attached hydrogens (tertiary/aromatic N) is 1. The van der Waals surface area contributed by atoms with Gasteiger partial charge in [-0.25, -0.2) is 8.42 Å². The number of rotatable bonds is 4. The van der Waals surface area contributed by atoms with Crippen molar-refractivity contribution in [2.75, 3.05) is 18.8 Å². The topological polar surface area (TPSA) is 66.5 Å². The van der Waals surface area contributed by atoms with Crippen LogP contribution >= 0.6 is 34.7 Å². The number of thioether (sulfide) groups is 1. The van der Waals surface area contributed by atoms with Crippen molar-refractivity contribution >= 4 is 50.6 Å². The Hall–Kier alpha value is -1.06. The van der Waals surface area contributed by atoms with E-state index in [4.69, 9.17) is 11.6 Å². The van der Waals surface area contributed by atoms with Gasteiger partial charge < -0.3 is 5.32 Å². The number of benzene rings is 1. The van der Waals surface area contributed by atoms with Crippen molar-refractivity contribution in [3.8, 4) is 0 Å². The van der Waals surface area contributed by atoms with Crippen LogP contribution in [0.1, 0.15) is 47.0 Å². The molecule has 1 fully saturated rings. The molecule has 5 nitrogen and oxygen atoms in total. The van der Waals surface area contributed by atoms with E-state index >= 15 is 0 Å². The summed E-state index contributed by atoms with van der Waals surface area (Å²) in [4.78, 5) is 14.5. The summed E-state index contributed by atoms with van der Waals surface area (Å²) in [7, 11) is -3.64. The number of hydrogen-bond donors (Lipinski definition) is 1. The molecule has 2 aromatic rings. The van der Waals surface area contributed by atoms with E-state index in [0.717, 1.165) is 41.9 Å². The lowest BCUT2D eigenvalue weighted by Crippen LogP contribution is -2.37. The number of hydrogen-bond acceptors (Lipinski definition) is 5. The van der Waals surface area contributed by atoms with Gasteiger partial charge in [-0.3, -0.25) is 4.79 Å². The van der Waals surface area contributed by atoms with E-state index in [1.165, 1.54) is 15.6 Å². The highest BCUT2D eigenvalue weighted by Crippen LogP contribution is 2.38. The van der Waals surface area contributed by atoms with Gasteiger partial charge in [0.1, 0.15) is 9.77 Å². The molecule has 4 rings (SSSR count). The Labute approximate surface area is 178 Å². The molecular formula is C19H21ClN2O3S3. The molecule has 1 saturated heterocycles. The number of amides is 1. The van der Waals surface area contributed by atoms with Gasteiger partial charge in [0.25, 0.3) is 5.91 Å². The Bertz CT molecular complexity index is 984. The Morgan fingerprint density at radius 2 is 1.96 bits per heavy atom. The van der Waals surface area contributed by atoms with Crippen molar-refractivity contribution in [1.29, 1.82) is 0 Å². The van der Waals surface area contributed by atoms with E-state index in [2.05, 4.69) is 5.32 Å². The molecule has 2 aliphatic rings. The maximum absolute atomic E-state index is 13.0. The highest BCUT2D eigenvalue weighted by Gasteiger charge is 2.32. The van der Waals surface area contributed by atoms with E-state index in [0.29, 0.717) is 18.1 Å². The number of nitrogens with one attached hydrogen (secondary N) is 1. The molecule has 1 amide bonds. The summed E-state index contributed by atoms with van der Waals surface area (Å²) in [6, 6.07) is 7.08. The molecule has 1 atom stereocenters. The molecule has 0 bridgehead atoms. The molecule has 9 heteroatoms. The fourth-order valence-electron chi connectivity index (χ4n) is 3.65. The average Bonchev–Trinajstić information content (AvgIpc) is 3.20. The number of halogens is 1. The van der Waals surface area contributed by atoms with Crippen molar-refractivity contribution in [1.82, 2.24) is 9.62 Å². The number of fused-ring (bicyclic) bond motifs is 1. The number of piperidine rings is 1. The smallest absolute Gasteiger partial charge is 0.263 e. The van der Waals surface area contributed by atoms with Gasteiger partial charge in [0.15, 0.2) is 0 Å². The summed E-state index contributed by atoms with van der Waals surface area (Å²) in [6.07, 6.45) is 3.55. The lowest BCUT2D eigenvalue weighted by atomic mass is 10.0. The van der Waals surface area contributed by atoms with Crippen LogP contribution in [0.3, 0.4) is 0 Å². The number of sulfonamides is 1. The molecule has 0 saturated carbocycles. The molecule has 1 unspecified atom stereocenters. The summed E-state index contributed by atoms with van der Waals surface area (Å²) in [5.74, 6) is 0.552. The maximum atomic E-state index is 13.0.